The highest BCUT2D eigenvalue weighted by atomic mass is 32.2. The number of carbonyl (C=O) groups excluding carboxylic acids is 1. The molecule has 1 aliphatic carbocycles. The van der Waals surface area contributed by atoms with Gasteiger partial charge in [-0.1, -0.05) is 19.1 Å². The van der Waals surface area contributed by atoms with E-state index in [1.165, 1.54) is 24.2 Å². The number of halogens is 1. The molecule has 1 atom stereocenters. The van der Waals surface area contributed by atoms with E-state index in [9.17, 15) is 9.18 Å². The molecule has 1 aliphatic rings. The highest BCUT2D eigenvalue weighted by Gasteiger charge is 2.14. The molecule has 1 amide bonds. The number of benzene rings is 1. The first-order valence-electron chi connectivity index (χ1n) is 6.86. The lowest BCUT2D eigenvalue weighted by Gasteiger charge is -2.18. The largest absolute Gasteiger partial charge is 0.272 e. The molecule has 0 spiro atoms. The highest BCUT2D eigenvalue weighted by Crippen LogP contribution is 2.22. The zero-order valence-electron chi connectivity index (χ0n) is 11.6. The Morgan fingerprint density at radius 2 is 2.30 bits per heavy atom. The molecule has 0 radical (unpaired) electrons. The fraction of sp³-hybridized carbons (Fsp3) is 0.467. The monoisotopic (exact) mass is 294 g/mol. The van der Waals surface area contributed by atoms with Gasteiger partial charge in [-0.3, -0.25) is 4.79 Å². The summed E-state index contributed by atoms with van der Waals surface area (Å²) in [5, 5.41) is 4.18. The van der Waals surface area contributed by atoms with E-state index in [-0.39, 0.29) is 17.5 Å². The summed E-state index contributed by atoms with van der Waals surface area (Å²) in [4.78, 5) is 12.2. The van der Waals surface area contributed by atoms with Crippen LogP contribution in [0.1, 0.15) is 32.6 Å². The maximum absolute atomic E-state index is 13.4. The number of nitrogens with one attached hydrogen (secondary N) is 1. The number of hydrogen-bond acceptors (Lipinski definition) is 3. The number of amides is 1. The first-order valence-corrected chi connectivity index (χ1v) is 7.85. The van der Waals surface area contributed by atoms with Gasteiger partial charge in [0.1, 0.15) is 5.82 Å². The van der Waals surface area contributed by atoms with Crippen molar-refractivity contribution in [3.63, 3.8) is 0 Å². The van der Waals surface area contributed by atoms with Crippen molar-refractivity contribution in [2.24, 2.45) is 11.0 Å². The molecular formula is C15H19FN2OS. The summed E-state index contributed by atoms with van der Waals surface area (Å²) in [6, 6.07) is 6.45. The molecule has 0 unspecified atom stereocenters. The molecule has 1 saturated carbocycles. The Morgan fingerprint density at radius 1 is 1.50 bits per heavy atom. The van der Waals surface area contributed by atoms with Crippen LogP contribution in [0.4, 0.5) is 4.39 Å². The first kappa shape index (κ1) is 15.0. The second kappa shape index (κ2) is 7.43. The molecule has 0 aliphatic heterocycles. The van der Waals surface area contributed by atoms with Gasteiger partial charge < -0.3 is 0 Å². The standard InChI is InChI=1S/C15H19FN2OS/c1-11-5-4-6-12(9-11)17-18-15(19)10-20-14-8-3-2-7-13(14)16/h2-3,7-8,11H,4-6,9-10H2,1H3,(H,18,19)/b17-12-/t11-/m0/s1. The molecule has 3 nitrogen and oxygen atoms in total. The van der Waals surface area contributed by atoms with Gasteiger partial charge in [0, 0.05) is 10.6 Å². The summed E-state index contributed by atoms with van der Waals surface area (Å²) in [6.45, 7) is 2.20. The molecule has 1 aromatic carbocycles. The van der Waals surface area contributed by atoms with Crippen LogP contribution >= 0.6 is 11.8 Å². The Labute approximate surface area is 123 Å². The lowest BCUT2D eigenvalue weighted by atomic mass is 9.89. The van der Waals surface area contributed by atoms with Gasteiger partial charge in [-0.15, -0.1) is 11.8 Å². The van der Waals surface area contributed by atoms with Gasteiger partial charge in [0.25, 0.3) is 0 Å². The van der Waals surface area contributed by atoms with Crippen LogP contribution in [0.15, 0.2) is 34.3 Å². The summed E-state index contributed by atoms with van der Waals surface area (Å²) < 4.78 is 13.4. The van der Waals surface area contributed by atoms with Crippen molar-refractivity contribution >= 4 is 23.4 Å². The normalized spacial score (nSPS) is 20.9. The number of hydrogen-bond donors (Lipinski definition) is 1. The molecule has 20 heavy (non-hydrogen) atoms. The summed E-state index contributed by atoms with van der Waals surface area (Å²) >= 11 is 1.19. The zero-order chi connectivity index (χ0) is 14.4. The fourth-order valence-electron chi connectivity index (χ4n) is 2.24. The molecule has 2 rings (SSSR count). The predicted molar refractivity (Wildman–Crippen MR) is 80.3 cm³/mol. The van der Waals surface area contributed by atoms with Crippen LogP contribution in [0.25, 0.3) is 0 Å². The highest BCUT2D eigenvalue weighted by molar-refractivity contribution is 8.00. The van der Waals surface area contributed by atoms with Crippen LogP contribution in [0.3, 0.4) is 0 Å². The Balaban J connectivity index is 1.78. The van der Waals surface area contributed by atoms with E-state index in [0.717, 1.165) is 25.0 Å². The molecule has 0 heterocycles. The van der Waals surface area contributed by atoms with Gasteiger partial charge >= 0.3 is 0 Å². The van der Waals surface area contributed by atoms with Crippen molar-refractivity contribution < 1.29 is 9.18 Å². The first-order chi connectivity index (χ1) is 9.65. The minimum absolute atomic E-state index is 0.174. The van der Waals surface area contributed by atoms with Gasteiger partial charge in [0.2, 0.25) is 5.91 Å². The van der Waals surface area contributed by atoms with Crippen LogP contribution in [0.2, 0.25) is 0 Å². The molecule has 0 bridgehead atoms. The van der Waals surface area contributed by atoms with Gasteiger partial charge in [-0.05, 0) is 43.7 Å². The molecule has 5 heteroatoms. The quantitative estimate of drug-likeness (QED) is 0.681. The van der Waals surface area contributed by atoms with E-state index >= 15 is 0 Å². The van der Waals surface area contributed by atoms with Crippen molar-refractivity contribution in [1.29, 1.82) is 0 Å². The summed E-state index contributed by atoms with van der Waals surface area (Å²) in [5.74, 6) is 0.335. The maximum Gasteiger partial charge on any atom is 0.250 e. The third-order valence-electron chi connectivity index (χ3n) is 3.28. The molecule has 0 saturated heterocycles. The van der Waals surface area contributed by atoms with E-state index in [1.54, 1.807) is 18.2 Å². The number of nitrogens with zero attached hydrogens (tertiary/aromatic N) is 1. The number of carbonyl (C=O) groups is 1. The van der Waals surface area contributed by atoms with Crippen LogP contribution in [0.5, 0.6) is 0 Å². The van der Waals surface area contributed by atoms with Crippen molar-refractivity contribution in [3.8, 4) is 0 Å². The van der Waals surface area contributed by atoms with Gasteiger partial charge in [-0.25, -0.2) is 9.82 Å². The topological polar surface area (TPSA) is 41.5 Å². The van der Waals surface area contributed by atoms with E-state index in [4.69, 9.17) is 0 Å². The van der Waals surface area contributed by atoms with Crippen molar-refractivity contribution in [3.05, 3.63) is 30.1 Å². The van der Waals surface area contributed by atoms with E-state index in [1.807, 2.05) is 0 Å². The Bertz CT molecular complexity index is 504. The molecule has 108 valence electrons. The number of rotatable bonds is 4. The SMILES string of the molecule is C[C@H]1CCC/C(=N/NC(=O)CSc2ccccc2F)C1. The fourth-order valence-corrected chi connectivity index (χ4v) is 2.97. The smallest absolute Gasteiger partial charge is 0.250 e. The average molecular weight is 294 g/mol. The molecule has 0 aromatic heterocycles. The zero-order valence-corrected chi connectivity index (χ0v) is 12.4. The minimum atomic E-state index is -0.294. The lowest BCUT2D eigenvalue weighted by molar-refractivity contribution is -0.118. The Kier molecular flexibility index (Phi) is 5.59. The van der Waals surface area contributed by atoms with Crippen LogP contribution in [0, 0.1) is 11.7 Å². The van der Waals surface area contributed by atoms with Crippen LogP contribution in [-0.4, -0.2) is 17.4 Å². The molecule has 1 fully saturated rings. The summed E-state index contributed by atoms with van der Waals surface area (Å²) in [5.41, 5.74) is 3.63. The van der Waals surface area contributed by atoms with Gasteiger partial charge in [-0.2, -0.15) is 5.10 Å². The lowest BCUT2D eigenvalue weighted by Crippen LogP contribution is -2.23. The minimum Gasteiger partial charge on any atom is -0.272 e. The Morgan fingerprint density at radius 3 is 3.05 bits per heavy atom. The van der Waals surface area contributed by atoms with E-state index in [0.29, 0.717) is 10.8 Å². The number of thioether (sulfide) groups is 1. The summed E-state index contributed by atoms with van der Waals surface area (Å²) in [6.07, 6.45) is 4.29. The van der Waals surface area contributed by atoms with E-state index in [2.05, 4.69) is 17.5 Å². The molecule has 1 aromatic rings. The van der Waals surface area contributed by atoms with Crippen LogP contribution in [-0.2, 0) is 4.79 Å². The third-order valence-corrected chi connectivity index (χ3v) is 4.33. The van der Waals surface area contributed by atoms with Gasteiger partial charge in [0.05, 0.1) is 5.75 Å². The maximum atomic E-state index is 13.4. The van der Waals surface area contributed by atoms with E-state index < -0.39 is 0 Å². The summed E-state index contributed by atoms with van der Waals surface area (Å²) in [7, 11) is 0. The second-order valence-electron chi connectivity index (χ2n) is 5.13. The average Bonchev–Trinajstić information content (AvgIpc) is 2.44. The van der Waals surface area contributed by atoms with Gasteiger partial charge in [0.15, 0.2) is 0 Å². The van der Waals surface area contributed by atoms with Crippen LogP contribution < -0.4 is 5.43 Å². The number of hydrazone groups is 1. The predicted octanol–water partition coefficient (Wildman–Crippen LogP) is 3.60. The molecular weight excluding hydrogens is 275 g/mol. The van der Waals surface area contributed by atoms with Crippen molar-refractivity contribution in [2.75, 3.05) is 5.75 Å². The van der Waals surface area contributed by atoms with Crippen molar-refractivity contribution in [2.45, 2.75) is 37.5 Å². The second-order valence-corrected chi connectivity index (χ2v) is 6.15. The Hall–Kier alpha value is -1.36. The third kappa shape index (κ3) is 4.63. The van der Waals surface area contributed by atoms with Crippen molar-refractivity contribution in [1.82, 2.24) is 5.43 Å². The molecule has 1 N–H and O–H groups in total.